The normalized spacial score (nSPS) is 20.2. The summed E-state index contributed by atoms with van der Waals surface area (Å²) < 4.78 is 7.33. The molecule has 0 aromatic carbocycles. The molecular formula is C12H19N3O2. The summed E-state index contributed by atoms with van der Waals surface area (Å²) in [4.78, 5) is 11.8. The monoisotopic (exact) mass is 237 g/mol. The first-order chi connectivity index (χ1) is 8.18. The third-order valence-electron chi connectivity index (χ3n) is 3.16. The number of carbonyl (C=O) groups excluding carboxylic acids is 1. The number of carbonyl (C=O) groups is 1. The highest BCUT2D eigenvalue weighted by Gasteiger charge is 2.20. The Morgan fingerprint density at radius 1 is 1.65 bits per heavy atom. The Kier molecular flexibility index (Phi) is 3.81. The highest BCUT2D eigenvalue weighted by atomic mass is 16.5. The van der Waals surface area contributed by atoms with E-state index in [0.717, 1.165) is 12.2 Å². The molecule has 0 saturated carbocycles. The van der Waals surface area contributed by atoms with Crippen LogP contribution < -0.4 is 10.6 Å². The summed E-state index contributed by atoms with van der Waals surface area (Å²) in [6.07, 6.45) is 0. The van der Waals surface area contributed by atoms with Gasteiger partial charge in [0.1, 0.15) is 6.04 Å². The molecule has 1 fully saturated rings. The molecule has 1 aromatic heterocycles. The van der Waals surface area contributed by atoms with Crippen molar-refractivity contribution in [1.82, 2.24) is 15.2 Å². The van der Waals surface area contributed by atoms with Crippen LogP contribution in [0.1, 0.15) is 11.4 Å². The summed E-state index contributed by atoms with van der Waals surface area (Å²) in [7, 11) is 2.00. The molecular weight excluding hydrogens is 218 g/mol. The Hall–Kier alpha value is -1.33. The van der Waals surface area contributed by atoms with Crippen LogP contribution in [0.15, 0.2) is 12.1 Å². The summed E-state index contributed by atoms with van der Waals surface area (Å²) in [6, 6.07) is 3.86. The molecule has 1 unspecified atom stereocenters. The van der Waals surface area contributed by atoms with Crippen molar-refractivity contribution in [2.45, 2.75) is 19.5 Å². The molecule has 1 aliphatic rings. The second-order valence-corrected chi connectivity index (χ2v) is 4.32. The van der Waals surface area contributed by atoms with E-state index in [1.165, 1.54) is 5.69 Å². The standard InChI is InChI=1S/C12H19N3O2/c1-9-3-4-10(15(9)2)7-14-12(16)11-8-17-6-5-13-11/h3-4,11,13H,5-8H2,1-2H3,(H,14,16). The molecule has 2 rings (SSSR count). The molecule has 5 heteroatoms. The second kappa shape index (κ2) is 5.33. The third kappa shape index (κ3) is 2.87. The van der Waals surface area contributed by atoms with Gasteiger partial charge in [-0.2, -0.15) is 0 Å². The van der Waals surface area contributed by atoms with Gasteiger partial charge in [0.05, 0.1) is 19.8 Å². The molecule has 2 heterocycles. The van der Waals surface area contributed by atoms with Crippen LogP contribution in [0.4, 0.5) is 0 Å². The van der Waals surface area contributed by atoms with Crippen LogP contribution in [0, 0.1) is 6.92 Å². The predicted octanol–water partition coefficient (Wildman–Crippen LogP) is -0.0619. The van der Waals surface area contributed by atoms with Gasteiger partial charge in [0.2, 0.25) is 5.91 Å². The Balaban J connectivity index is 1.85. The summed E-state index contributed by atoms with van der Waals surface area (Å²) in [6.45, 7) is 4.48. The van der Waals surface area contributed by atoms with Crippen LogP contribution in [0.3, 0.4) is 0 Å². The van der Waals surface area contributed by atoms with Crippen molar-refractivity contribution in [2.24, 2.45) is 7.05 Å². The molecule has 1 aromatic rings. The highest BCUT2D eigenvalue weighted by molar-refractivity contribution is 5.81. The largest absolute Gasteiger partial charge is 0.378 e. The van der Waals surface area contributed by atoms with E-state index in [1.54, 1.807) is 0 Å². The molecule has 1 atom stereocenters. The van der Waals surface area contributed by atoms with Crippen LogP contribution in [0.2, 0.25) is 0 Å². The minimum Gasteiger partial charge on any atom is -0.378 e. The van der Waals surface area contributed by atoms with Crippen LogP contribution in [0.5, 0.6) is 0 Å². The van der Waals surface area contributed by atoms with Gasteiger partial charge < -0.3 is 19.9 Å². The van der Waals surface area contributed by atoms with Crippen molar-refractivity contribution >= 4 is 5.91 Å². The van der Waals surface area contributed by atoms with Crippen LogP contribution >= 0.6 is 0 Å². The van der Waals surface area contributed by atoms with E-state index < -0.39 is 0 Å². The SMILES string of the molecule is Cc1ccc(CNC(=O)C2COCCN2)n1C. The minimum absolute atomic E-state index is 0.00329. The lowest BCUT2D eigenvalue weighted by Gasteiger charge is -2.22. The number of morpholine rings is 1. The number of rotatable bonds is 3. The average Bonchev–Trinajstić information content (AvgIpc) is 2.68. The molecule has 0 radical (unpaired) electrons. The predicted molar refractivity (Wildman–Crippen MR) is 64.6 cm³/mol. The molecule has 2 N–H and O–H groups in total. The lowest BCUT2D eigenvalue weighted by atomic mass is 10.2. The number of hydrogen-bond donors (Lipinski definition) is 2. The van der Waals surface area contributed by atoms with Gasteiger partial charge in [-0.3, -0.25) is 4.79 Å². The number of aryl methyl sites for hydroxylation is 1. The number of ether oxygens (including phenoxy) is 1. The number of hydrogen-bond acceptors (Lipinski definition) is 3. The van der Waals surface area contributed by atoms with Gasteiger partial charge in [0.15, 0.2) is 0 Å². The summed E-state index contributed by atoms with van der Waals surface area (Å²) in [5.41, 5.74) is 2.29. The van der Waals surface area contributed by atoms with Crippen molar-refractivity contribution in [3.63, 3.8) is 0 Å². The molecule has 1 amide bonds. The summed E-state index contributed by atoms with van der Waals surface area (Å²) >= 11 is 0. The summed E-state index contributed by atoms with van der Waals surface area (Å²) in [5, 5.41) is 6.05. The number of aromatic nitrogens is 1. The molecule has 5 nitrogen and oxygen atoms in total. The smallest absolute Gasteiger partial charge is 0.239 e. The molecule has 94 valence electrons. The van der Waals surface area contributed by atoms with Gasteiger partial charge in [-0.05, 0) is 19.1 Å². The first-order valence-electron chi connectivity index (χ1n) is 5.88. The van der Waals surface area contributed by atoms with Gasteiger partial charge in [0.25, 0.3) is 0 Å². The molecule has 0 aliphatic carbocycles. The van der Waals surface area contributed by atoms with E-state index in [9.17, 15) is 4.79 Å². The average molecular weight is 237 g/mol. The number of amides is 1. The first kappa shape index (κ1) is 12.1. The lowest BCUT2D eigenvalue weighted by Crippen LogP contribution is -2.51. The third-order valence-corrected chi connectivity index (χ3v) is 3.16. The van der Waals surface area contributed by atoms with Crippen molar-refractivity contribution < 1.29 is 9.53 Å². The van der Waals surface area contributed by atoms with E-state index in [-0.39, 0.29) is 11.9 Å². The van der Waals surface area contributed by atoms with E-state index in [1.807, 2.05) is 26.1 Å². The van der Waals surface area contributed by atoms with Gasteiger partial charge in [-0.25, -0.2) is 0 Å². The van der Waals surface area contributed by atoms with E-state index in [0.29, 0.717) is 19.8 Å². The maximum atomic E-state index is 11.8. The highest BCUT2D eigenvalue weighted by Crippen LogP contribution is 2.05. The van der Waals surface area contributed by atoms with Gasteiger partial charge in [0, 0.05) is 25.0 Å². The zero-order valence-electron chi connectivity index (χ0n) is 10.3. The van der Waals surface area contributed by atoms with Crippen molar-refractivity contribution in [3.05, 3.63) is 23.5 Å². The van der Waals surface area contributed by atoms with Crippen LogP contribution in [0.25, 0.3) is 0 Å². The zero-order chi connectivity index (χ0) is 12.3. The van der Waals surface area contributed by atoms with Gasteiger partial charge >= 0.3 is 0 Å². The fraction of sp³-hybridized carbons (Fsp3) is 0.583. The van der Waals surface area contributed by atoms with E-state index >= 15 is 0 Å². The maximum Gasteiger partial charge on any atom is 0.239 e. The Morgan fingerprint density at radius 2 is 2.47 bits per heavy atom. The minimum atomic E-state index is -0.217. The first-order valence-corrected chi connectivity index (χ1v) is 5.88. The fourth-order valence-corrected chi connectivity index (χ4v) is 1.88. The Labute approximate surface area is 101 Å². The molecule has 1 saturated heterocycles. The maximum absolute atomic E-state index is 11.8. The van der Waals surface area contributed by atoms with Crippen molar-refractivity contribution in [3.8, 4) is 0 Å². The van der Waals surface area contributed by atoms with Gasteiger partial charge in [-0.15, -0.1) is 0 Å². The van der Waals surface area contributed by atoms with Crippen LogP contribution in [-0.2, 0) is 23.1 Å². The van der Waals surface area contributed by atoms with Crippen LogP contribution in [-0.4, -0.2) is 36.3 Å². The number of nitrogens with one attached hydrogen (secondary N) is 2. The molecule has 17 heavy (non-hydrogen) atoms. The molecule has 0 spiro atoms. The lowest BCUT2D eigenvalue weighted by molar-refractivity contribution is -0.126. The van der Waals surface area contributed by atoms with E-state index in [4.69, 9.17) is 4.74 Å². The van der Waals surface area contributed by atoms with Gasteiger partial charge in [-0.1, -0.05) is 0 Å². The topological polar surface area (TPSA) is 55.3 Å². The van der Waals surface area contributed by atoms with E-state index in [2.05, 4.69) is 15.2 Å². The Bertz CT molecular complexity index is 394. The fourth-order valence-electron chi connectivity index (χ4n) is 1.88. The summed E-state index contributed by atoms with van der Waals surface area (Å²) in [5.74, 6) is 0.00329. The molecule has 0 bridgehead atoms. The quantitative estimate of drug-likeness (QED) is 0.774. The van der Waals surface area contributed by atoms with Crippen molar-refractivity contribution in [2.75, 3.05) is 19.8 Å². The molecule has 1 aliphatic heterocycles. The Morgan fingerprint density at radius 3 is 3.06 bits per heavy atom. The zero-order valence-corrected chi connectivity index (χ0v) is 10.3. The number of nitrogens with zero attached hydrogens (tertiary/aromatic N) is 1. The second-order valence-electron chi connectivity index (χ2n) is 4.32. The van der Waals surface area contributed by atoms with Crippen molar-refractivity contribution in [1.29, 1.82) is 0 Å².